The zero-order chi connectivity index (χ0) is 17.2. The van der Waals surface area contributed by atoms with Crippen LogP contribution in [0.15, 0.2) is 0 Å². The van der Waals surface area contributed by atoms with E-state index >= 15 is 0 Å². The van der Waals surface area contributed by atoms with E-state index in [1.165, 1.54) is 24.1 Å². The van der Waals surface area contributed by atoms with E-state index in [1.807, 2.05) is 39.4 Å². The molecule has 1 atom stereocenters. The first-order valence-corrected chi connectivity index (χ1v) is 8.36. The molecule has 1 unspecified atom stereocenters. The van der Waals surface area contributed by atoms with Crippen LogP contribution in [0.3, 0.4) is 0 Å². The highest BCUT2D eigenvalue weighted by molar-refractivity contribution is 5.68. The third-order valence-electron chi connectivity index (χ3n) is 4.22. The summed E-state index contributed by atoms with van der Waals surface area (Å²) < 4.78 is 7.27. The Labute approximate surface area is 139 Å². The molecule has 1 amide bonds. The van der Waals surface area contributed by atoms with Crippen LogP contribution in [0.4, 0.5) is 4.79 Å². The number of nitrogens with one attached hydrogen (secondary N) is 2. The number of ether oxygens (including phenoxy) is 1. The van der Waals surface area contributed by atoms with Gasteiger partial charge in [-0.25, -0.2) is 4.79 Å². The Morgan fingerprint density at radius 2 is 2.04 bits per heavy atom. The van der Waals surface area contributed by atoms with Crippen molar-refractivity contribution in [2.24, 2.45) is 13.0 Å². The molecule has 1 saturated carbocycles. The number of rotatable bonds is 6. The van der Waals surface area contributed by atoms with E-state index < -0.39 is 5.60 Å². The number of hydrogen-bond donors (Lipinski definition) is 2. The van der Waals surface area contributed by atoms with Crippen LogP contribution in [-0.4, -0.2) is 34.1 Å². The Morgan fingerprint density at radius 1 is 1.39 bits per heavy atom. The second-order valence-electron chi connectivity index (χ2n) is 7.49. The molecule has 0 aromatic carbocycles. The minimum Gasteiger partial charge on any atom is -0.444 e. The summed E-state index contributed by atoms with van der Waals surface area (Å²) in [5, 5.41) is 10.9. The predicted octanol–water partition coefficient (Wildman–Crippen LogP) is 2.43. The van der Waals surface area contributed by atoms with Crippen LogP contribution in [0, 0.1) is 19.8 Å². The van der Waals surface area contributed by atoms with Gasteiger partial charge in [-0.05, 0) is 53.4 Å². The second-order valence-corrected chi connectivity index (χ2v) is 7.49. The van der Waals surface area contributed by atoms with Gasteiger partial charge in [0.25, 0.3) is 0 Å². The van der Waals surface area contributed by atoms with Crippen LogP contribution >= 0.6 is 0 Å². The number of aryl methyl sites for hydroxylation is 2. The summed E-state index contributed by atoms with van der Waals surface area (Å²) in [5.74, 6) is 0.561. The molecular weight excluding hydrogens is 292 g/mol. The van der Waals surface area contributed by atoms with Crippen molar-refractivity contribution in [2.45, 2.75) is 65.6 Å². The van der Waals surface area contributed by atoms with E-state index in [2.05, 4.69) is 22.7 Å². The van der Waals surface area contributed by atoms with Crippen molar-refractivity contribution in [3.8, 4) is 0 Å². The minimum absolute atomic E-state index is 0.127. The average molecular weight is 322 g/mol. The Kier molecular flexibility index (Phi) is 5.34. The highest BCUT2D eigenvalue weighted by atomic mass is 16.6. The van der Waals surface area contributed by atoms with Crippen LogP contribution in [0.2, 0.25) is 0 Å². The molecule has 1 aliphatic carbocycles. The molecule has 0 saturated heterocycles. The minimum atomic E-state index is -0.463. The summed E-state index contributed by atoms with van der Waals surface area (Å²) >= 11 is 0. The first-order chi connectivity index (χ1) is 10.7. The third kappa shape index (κ3) is 5.23. The van der Waals surface area contributed by atoms with Gasteiger partial charge in [0.15, 0.2) is 0 Å². The van der Waals surface area contributed by atoms with Gasteiger partial charge in [-0.3, -0.25) is 4.68 Å². The van der Waals surface area contributed by atoms with E-state index in [-0.39, 0.29) is 12.1 Å². The smallest absolute Gasteiger partial charge is 0.407 e. The van der Waals surface area contributed by atoms with Gasteiger partial charge < -0.3 is 15.4 Å². The van der Waals surface area contributed by atoms with E-state index in [1.54, 1.807) is 0 Å². The van der Waals surface area contributed by atoms with E-state index in [4.69, 9.17) is 4.74 Å². The number of aromatic nitrogens is 2. The van der Waals surface area contributed by atoms with E-state index in [0.29, 0.717) is 5.92 Å². The summed E-state index contributed by atoms with van der Waals surface area (Å²) in [7, 11) is 1.96. The highest BCUT2D eigenvalue weighted by Gasteiger charge is 2.33. The summed E-state index contributed by atoms with van der Waals surface area (Å²) in [4.78, 5) is 12.0. The van der Waals surface area contributed by atoms with Gasteiger partial charge in [0.1, 0.15) is 5.60 Å². The molecule has 0 aliphatic heterocycles. The van der Waals surface area contributed by atoms with Crippen molar-refractivity contribution < 1.29 is 9.53 Å². The molecule has 2 N–H and O–H groups in total. The number of amides is 1. The number of hydrogen-bond acceptors (Lipinski definition) is 4. The van der Waals surface area contributed by atoms with Crippen LogP contribution in [0.5, 0.6) is 0 Å². The van der Waals surface area contributed by atoms with Crippen molar-refractivity contribution >= 4 is 6.09 Å². The molecule has 0 radical (unpaired) electrons. The maximum atomic E-state index is 12.0. The van der Waals surface area contributed by atoms with Crippen molar-refractivity contribution in [3.05, 3.63) is 17.0 Å². The SMILES string of the molecule is Cc1nn(C)c(C)c1CNCC(NC(=O)OC(C)(C)C)C1CC1. The van der Waals surface area contributed by atoms with Gasteiger partial charge in [0.2, 0.25) is 0 Å². The lowest BCUT2D eigenvalue weighted by Gasteiger charge is -2.24. The van der Waals surface area contributed by atoms with Gasteiger partial charge in [-0.2, -0.15) is 5.10 Å². The summed E-state index contributed by atoms with van der Waals surface area (Å²) in [6.07, 6.45) is 2.02. The molecule has 130 valence electrons. The van der Waals surface area contributed by atoms with Gasteiger partial charge in [0, 0.05) is 37.4 Å². The quantitative estimate of drug-likeness (QED) is 0.844. The van der Waals surface area contributed by atoms with Crippen molar-refractivity contribution in [1.29, 1.82) is 0 Å². The van der Waals surface area contributed by atoms with Gasteiger partial charge in [-0.15, -0.1) is 0 Å². The van der Waals surface area contributed by atoms with Gasteiger partial charge in [-0.1, -0.05) is 0 Å². The maximum Gasteiger partial charge on any atom is 0.407 e. The lowest BCUT2D eigenvalue weighted by Crippen LogP contribution is -2.45. The molecule has 1 aromatic heterocycles. The van der Waals surface area contributed by atoms with Crippen LogP contribution in [0.25, 0.3) is 0 Å². The van der Waals surface area contributed by atoms with Gasteiger partial charge in [0.05, 0.1) is 5.69 Å². The average Bonchev–Trinajstić information content (AvgIpc) is 3.20. The standard InChI is InChI=1S/C17H30N4O2/c1-11-14(12(2)21(6)20-11)9-18-10-15(13-7-8-13)19-16(22)23-17(3,4)5/h13,15,18H,7-10H2,1-6H3,(H,19,22). The van der Waals surface area contributed by atoms with E-state index in [0.717, 1.165) is 18.8 Å². The van der Waals surface area contributed by atoms with E-state index in [9.17, 15) is 4.79 Å². The summed E-state index contributed by atoms with van der Waals surface area (Å²) in [6, 6.07) is 0.127. The van der Waals surface area contributed by atoms with Gasteiger partial charge >= 0.3 is 6.09 Å². The normalized spacial score (nSPS) is 16.3. The summed E-state index contributed by atoms with van der Waals surface area (Å²) in [6.45, 7) is 11.3. The molecular formula is C17H30N4O2. The van der Waals surface area contributed by atoms with Crippen LogP contribution in [0.1, 0.15) is 50.6 Å². The molecule has 0 spiro atoms. The Balaban J connectivity index is 1.85. The topological polar surface area (TPSA) is 68.2 Å². The third-order valence-corrected chi connectivity index (χ3v) is 4.22. The fourth-order valence-electron chi connectivity index (χ4n) is 2.72. The van der Waals surface area contributed by atoms with Crippen molar-refractivity contribution in [1.82, 2.24) is 20.4 Å². The summed E-state index contributed by atoms with van der Waals surface area (Å²) in [5.41, 5.74) is 3.01. The van der Waals surface area contributed by atoms with Crippen LogP contribution in [-0.2, 0) is 18.3 Å². The number of alkyl carbamates (subject to hydrolysis) is 1. The largest absolute Gasteiger partial charge is 0.444 e. The predicted molar refractivity (Wildman–Crippen MR) is 90.3 cm³/mol. The lowest BCUT2D eigenvalue weighted by atomic mass is 10.1. The number of nitrogens with zero attached hydrogens (tertiary/aromatic N) is 2. The Morgan fingerprint density at radius 3 is 2.52 bits per heavy atom. The number of carbonyl (C=O) groups excluding carboxylic acids is 1. The highest BCUT2D eigenvalue weighted by Crippen LogP contribution is 2.32. The van der Waals surface area contributed by atoms with Crippen molar-refractivity contribution in [3.63, 3.8) is 0 Å². The zero-order valence-electron chi connectivity index (χ0n) is 15.2. The first kappa shape index (κ1) is 17.8. The van der Waals surface area contributed by atoms with Crippen molar-refractivity contribution in [2.75, 3.05) is 6.54 Å². The second kappa shape index (κ2) is 6.91. The molecule has 23 heavy (non-hydrogen) atoms. The first-order valence-electron chi connectivity index (χ1n) is 8.36. The van der Waals surface area contributed by atoms with Crippen LogP contribution < -0.4 is 10.6 Å². The lowest BCUT2D eigenvalue weighted by molar-refractivity contribution is 0.0497. The fourth-order valence-corrected chi connectivity index (χ4v) is 2.72. The molecule has 6 nitrogen and oxygen atoms in total. The molecule has 1 fully saturated rings. The Bertz CT molecular complexity index is 556. The maximum absolute atomic E-state index is 12.0. The molecule has 1 aromatic rings. The molecule has 2 rings (SSSR count). The molecule has 6 heteroatoms. The molecule has 1 aliphatic rings. The monoisotopic (exact) mass is 322 g/mol. The zero-order valence-corrected chi connectivity index (χ0v) is 15.2. The molecule has 1 heterocycles. The Hall–Kier alpha value is -1.56. The number of carbonyl (C=O) groups is 1. The fraction of sp³-hybridized carbons (Fsp3) is 0.765. The molecule has 0 bridgehead atoms.